The lowest BCUT2D eigenvalue weighted by molar-refractivity contribution is 0.715. The van der Waals surface area contributed by atoms with Gasteiger partial charge in [-0.15, -0.1) is 0 Å². The first-order valence-electron chi connectivity index (χ1n) is 14.0. The van der Waals surface area contributed by atoms with Crippen molar-refractivity contribution in [3.8, 4) is 22.3 Å². The molecule has 0 amide bonds. The van der Waals surface area contributed by atoms with Crippen LogP contribution in [0.5, 0.6) is 0 Å². The summed E-state index contributed by atoms with van der Waals surface area (Å²) in [6.45, 7) is 12.3. The lowest BCUT2D eigenvalue weighted by atomic mass is 9.88. The Hall–Kier alpha value is -4.79. The Morgan fingerprint density at radius 1 is 0.805 bits per heavy atom. The number of benzene rings is 5. The van der Waals surface area contributed by atoms with Crippen molar-refractivity contribution >= 4 is 35.3 Å². The quantitative estimate of drug-likeness (QED) is 0.188. The average molecular weight is 533 g/mol. The summed E-state index contributed by atoms with van der Waals surface area (Å²) in [6, 6.07) is 36.5. The molecule has 0 heterocycles. The molecule has 0 aliphatic heterocycles. The summed E-state index contributed by atoms with van der Waals surface area (Å²) in [5, 5.41) is 5.93. The Labute approximate surface area is 244 Å². The van der Waals surface area contributed by atoms with Gasteiger partial charge in [0.15, 0.2) is 0 Å². The second-order valence-corrected chi connectivity index (χ2v) is 10.2. The average Bonchev–Trinajstić information content (AvgIpc) is 3.02. The van der Waals surface area contributed by atoms with Gasteiger partial charge in [0.05, 0.1) is 11.7 Å². The number of hydrogen-bond donors (Lipinski definition) is 1. The van der Waals surface area contributed by atoms with Crippen molar-refractivity contribution < 1.29 is 0 Å². The maximum absolute atomic E-state index is 4.42. The Balaban J connectivity index is 1.57. The number of hydrogen-bond acceptors (Lipinski definition) is 2. The van der Waals surface area contributed by atoms with Gasteiger partial charge in [0.25, 0.3) is 0 Å². The van der Waals surface area contributed by atoms with E-state index in [4.69, 9.17) is 0 Å². The fourth-order valence-electron chi connectivity index (χ4n) is 5.55. The molecule has 0 spiro atoms. The van der Waals surface area contributed by atoms with Crippen LogP contribution in [0.1, 0.15) is 40.8 Å². The van der Waals surface area contributed by atoms with Crippen LogP contribution in [0.3, 0.4) is 0 Å². The molecule has 0 saturated carbocycles. The van der Waals surface area contributed by atoms with Gasteiger partial charge in [-0.25, -0.2) is 0 Å². The molecule has 0 aromatic heterocycles. The lowest BCUT2D eigenvalue weighted by Crippen LogP contribution is -2.14. The molecule has 0 fully saturated rings. The third kappa shape index (κ3) is 5.89. The maximum atomic E-state index is 4.42. The molecule has 0 radical (unpaired) electrons. The SMILES string of the molecule is C=Cc1c(-c2cc(C)cc(C(/C=C(\N=C)c3ccc(-c4ccccc4)cc3)NC)c2)cc2ccccc2c1/C=C\C. The van der Waals surface area contributed by atoms with Crippen molar-refractivity contribution in [2.75, 3.05) is 7.05 Å². The molecule has 5 rings (SSSR count). The summed E-state index contributed by atoms with van der Waals surface area (Å²) in [7, 11) is 1.98. The maximum Gasteiger partial charge on any atom is 0.0673 e. The van der Waals surface area contributed by atoms with Gasteiger partial charge in [-0.05, 0) is 101 Å². The standard InChI is InChI=1S/C39H36N2/c1-6-13-36-34(7-2)37(25-31-16-11-12-17-35(31)36)32-22-27(3)23-33(24-32)39(41-5)26-38(40-4)30-20-18-29(19-21-30)28-14-9-8-10-15-28/h6-26,39,41H,2,4H2,1,3,5H3/b13-6-,38-26-. The molecule has 41 heavy (non-hydrogen) atoms. The van der Waals surface area contributed by atoms with Crippen molar-refractivity contribution in [1.82, 2.24) is 5.32 Å². The summed E-state index contributed by atoms with van der Waals surface area (Å²) in [5.41, 5.74) is 11.3. The number of aliphatic imine (C=N–C) groups is 1. The number of likely N-dealkylation sites (N-methyl/N-ethyl adjacent to an activating group) is 1. The van der Waals surface area contributed by atoms with Crippen LogP contribution in [-0.4, -0.2) is 13.8 Å². The molecule has 1 atom stereocenters. The van der Waals surface area contributed by atoms with Gasteiger partial charge in [0, 0.05) is 0 Å². The smallest absolute Gasteiger partial charge is 0.0673 e. The number of nitrogens with zero attached hydrogens (tertiary/aromatic N) is 1. The van der Waals surface area contributed by atoms with Crippen LogP contribution in [0.15, 0.2) is 127 Å². The zero-order chi connectivity index (χ0) is 28.8. The molecule has 0 aliphatic carbocycles. The minimum Gasteiger partial charge on any atom is -0.310 e. The van der Waals surface area contributed by atoms with E-state index in [1.165, 1.54) is 49.7 Å². The van der Waals surface area contributed by atoms with E-state index in [0.29, 0.717) is 0 Å². The number of fused-ring (bicyclic) bond motifs is 1. The van der Waals surface area contributed by atoms with Crippen LogP contribution < -0.4 is 5.32 Å². The van der Waals surface area contributed by atoms with Crippen LogP contribution in [0.2, 0.25) is 0 Å². The molecule has 0 aliphatic rings. The van der Waals surface area contributed by atoms with Crippen molar-refractivity contribution in [3.63, 3.8) is 0 Å². The van der Waals surface area contributed by atoms with Gasteiger partial charge >= 0.3 is 0 Å². The topological polar surface area (TPSA) is 24.4 Å². The number of nitrogens with one attached hydrogen (secondary N) is 1. The van der Waals surface area contributed by atoms with Crippen LogP contribution in [0, 0.1) is 6.92 Å². The highest BCUT2D eigenvalue weighted by atomic mass is 14.9. The first kappa shape index (κ1) is 27.8. The fraction of sp³-hybridized carbons (Fsp3) is 0.103. The van der Waals surface area contributed by atoms with Gasteiger partial charge in [-0.1, -0.05) is 121 Å². The molecule has 0 saturated heterocycles. The van der Waals surface area contributed by atoms with Gasteiger partial charge < -0.3 is 5.32 Å². The Bertz CT molecular complexity index is 1760. The zero-order valence-electron chi connectivity index (χ0n) is 24.1. The minimum absolute atomic E-state index is 0.0504. The summed E-state index contributed by atoms with van der Waals surface area (Å²) in [5.74, 6) is 0. The van der Waals surface area contributed by atoms with Crippen LogP contribution in [0.4, 0.5) is 0 Å². The summed E-state index contributed by atoms with van der Waals surface area (Å²) in [4.78, 5) is 4.42. The second-order valence-electron chi connectivity index (χ2n) is 10.2. The first-order valence-corrected chi connectivity index (χ1v) is 14.0. The van der Waals surface area contributed by atoms with Gasteiger partial charge in [0.1, 0.15) is 0 Å². The third-order valence-electron chi connectivity index (χ3n) is 7.53. The Kier molecular flexibility index (Phi) is 8.53. The van der Waals surface area contributed by atoms with Gasteiger partial charge in [-0.2, -0.15) is 0 Å². The number of allylic oxidation sites excluding steroid dienone is 1. The van der Waals surface area contributed by atoms with Crippen molar-refractivity contribution in [1.29, 1.82) is 0 Å². The zero-order valence-corrected chi connectivity index (χ0v) is 24.1. The summed E-state index contributed by atoms with van der Waals surface area (Å²) >= 11 is 0. The molecule has 1 unspecified atom stereocenters. The van der Waals surface area contributed by atoms with E-state index in [-0.39, 0.29) is 6.04 Å². The van der Waals surface area contributed by atoms with Crippen LogP contribution in [0.25, 0.3) is 50.9 Å². The summed E-state index contributed by atoms with van der Waals surface area (Å²) < 4.78 is 0. The van der Waals surface area contributed by atoms with E-state index in [0.717, 1.165) is 16.8 Å². The molecular weight excluding hydrogens is 496 g/mol. The molecule has 2 nitrogen and oxygen atoms in total. The van der Waals surface area contributed by atoms with Crippen molar-refractivity contribution in [2.24, 2.45) is 4.99 Å². The van der Waals surface area contributed by atoms with E-state index in [2.05, 4.69) is 153 Å². The van der Waals surface area contributed by atoms with E-state index in [9.17, 15) is 0 Å². The lowest BCUT2D eigenvalue weighted by Gasteiger charge is -2.19. The fourth-order valence-corrected chi connectivity index (χ4v) is 5.55. The molecule has 5 aromatic rings. The Morgan fingerprint density at radius 2 is 1.51 bits per heavy atom. The predicted octanol–water partition coefficient (Wildman–Crippen LogP) is 10.2. The van der Waals surface area contributed by atoms with Crippen molar-refractivity contribution in [2.45, 2.75) is 19.9 Å². The van der Waals surface area contributed by atoms with Gasteiger partial charge in [0.2, 0.25) is 0 Å². The molecule has 2 heteroatoms. The highest BCUT2D eigenvalue weighted by Gasteiger charge is 2.15. The molecule has 202 valence electrons. The highest BCUT2D eigenvalue weighted by molar-refractivity contribution is 5.99. The normalized spacial score (nSPS) is 12.5. The van der Waals surface area contributed by atoms with E-state index < -0.39 is 0 Å². The monoisotopic (exact) mass is 532 g/mol. The van der Waals surface area contributed by atoms with Crippen molar-refractivity contribution in [3.05, 3.63) is 150 Å². The summed E-state index contributed by atoms with van der Waals surface area (Å²) in [6.07, 6.45) is 8.42. The van der Waals surface area contributed by atoms with Crippen LogP contribution >= 0.6 is 0 Å². The molecule has 1 N–H and O–H groups in total. The highest BCUT2D eigenvalue weighted by Crippen LogP contribution is 2.36. The number of rotatable bonds is 9. The first-order chi connectivity index (χ1) is 20.1. The Morgan fingerprint density at radius 3 is 2.20 bits per heavy atom. The van der Waals surface area contributed by atoms with E-state index in [1.54, 1.807) is 0 Å². The minimum atomic E-state index is -0.0504. The largest absolute Gasteiger partial charge is 0.310 e. The van der Waals surface area contributed by atoms with Gasteiger partial charge in [-0.3, -0.25) is 4.99 Å². The number of aryl methyl sites for hydroxylation is 1. The molecule has 5 aromatic carbocycles. The molecule has 0 bridgehead atoms. The third-order valence-corrected chi connectivity index (χ3v) is 7.53. The van der Waals surface area contributed by atoms with Crippen LogP contribution in [-0.2, 0) is 0 Å². The van der Waals surface area contributed by atoms with E-state index in [1.807, 2.05) is 19.2 Å². The van der Waals surface area contributed by atoms with E-state index >= 15 is 0 Å². The molecular formula is C39H36N2. The predicted molar refractivity (Wildman–Crippen MR) is 180 cm³/mol. The second kappa shape index (κ2) is 12.6.